The van der Waals surface area contributed by atoms with Crippen molar-refractivity contribution in [1.29, 1.82) is 5.26 Å². The van der Waals surface area contributed by atoms with Crippen LogP contribution in [0, 0.1) is 11.3 Å². The molecule has 0 aliphatic rings. The molecule has 1 unspecified atom stereocenters. The van der Waals surface area contributed by atoms with Gasteiger partial charge in [-0.2, -0.15) is 18.4 Å². The Morgan fingerprint density at radius 3 is 2.58 bits per heavy atom. The number of hydrogen-bond donors (Lipinski definition) is 1. The van der Waals surface area contributed by atoms with Crippen molar-refractivity contribution in [3.8, 4) is 11.8 Å². The quantitative estimate of drug-likeness (QED) is 0.514. The second kappa shape index (κ2) is 11.3. The third-order valence-corrected chi connectivity index (χ3v) is 3.17. The van der Waals surface area contributed by atoms with Gasteiger partial charge in [-0.15, -0.1) is 7.05 Å². The van der Waals surface area contributed by atoms with Crippen LogP contribution in [0.5, 0.6) is 5.75 Å². The molecule has 0 aliphatic heterocycles. The van der Waals surface area contributed by atoms with Crippen LogP contribution in [0.1, 0.15) is 12.5 Å². The standard InChI is InChI=1S/C15H19F3N3O2.K/c1-3-21(7-6-19)9-12(22)10-23-14-8-11(15(16,17)18)4-5-13(14)20-2;/h4-5,8,12,22H,3,7,9-10H2,1-2H3;/q-1;+1. The molecule has 0 aromatic heterocycles. The molecule has 24 heavy (non-hydrogen) atoms. The van der Waals surface area contributed by atoms with Gasteiger partial charge in [0.1, 0.15) is 18.5 Å². The minimum Gasteiger partial charge on any atom is -0.684 e. The molecule has 1 aromatic carbocycles. The third kappa shape index (κ3) is 7.69. The number of benzene rings is 1. The molecule has 1 rings (SSSR count). The van der Waals surface area contributed by atoms with Gasteiger partial charge in [-0.05, 0) is 12.6 Å². The fourth-order valence-electron chi connectivity index (χ4n) is 1.93. The molecule has 9 heteroatoms. The second-order valence-corrected chi connectivity index (χ2v) is 4.85. The first kappa shape index (κ1) is 23.7. The topological polar surface area (TPSA) is 70.6 Å². The van der Waals surface area contributed by atoms with Crippen LogP contribution in [0.4, 0.5) is 18.9 Å². The van der Waals surface area contributed by atoms with Crippen molar-refractivity contribution in [3.63, 3.8) is 0 Å². The fraction of sp³-hybridized carbons (Fsp3) is 0.533. The van der Waals surface area contributed by atoms with E-state index in [-0.39, 0.29) is 82.5 Å². The van der Waals surface area contributed by atoms with Crippen molar-refractivity contribution >= 4 is 5.69 Å². The van der Waals surface area contributed by atoms with Gasteiger partial charge in [0, 0.05) is 6.54 Å². The molecule has 0 radical (unpaired) electrons. The number of aliphatic hydroxyl groups is 1. The average Bonchev–Trinajstić information content (AvgIpc) is 2.51. The van der Waals surface area contributed by atoms with Crippen LogP contribution in [-0.2, 0) is 6.18 Å². The number of likely N-dealkylation sites (N-methyl/N-ethyl adjacent to an activating group) is 1. The first-order valence-corrected chi connectivity index (χ1v) is 7.03. The van der Waals surface area contributed by atoms with Crippen LogP contribution >= 0.6 is 0 Å². The monoisotopic (exact) mass is 369 g/mol. The molecule has 0 amide bonds. The van der Waals surface area contributed by atoms with Gasteiger partial charge in [-0.1, -0.05) is 24.7 Å². The Morgan fingerprint density at radius 1 is 1.42 bits per heavy atom. The maximum atomic E-state index is 12.7. The van der Waals surface area contributed by atoms with E-state index >= 15 is 0 Å². The number of alkyl halides is 3. The fourth-order valence-corrected chi connectivity index (χ4v) is 1.93. The molecule has 128 valence electrons. The minimum atomic E-state index is -4.48. The molecule has 0 heterocycles. The Bertz CT molecular complexity index is 550. The van der Waals surface area contributed by atoms with Crippen molar-refractivity contribution in [2.24, 2.45) is 0 Å². The predicted molar refractivity (Wildman–Crippen MR) is 79.6 cm³/mol. The summed E-state index contributed by atoms with van der Waals surface area (Å²) in [6.07, 6.45) is -5.41. The van der Waals surface area contributed by atoms with E-state index in [4.69, 9.17) is 10.00 Å². The Morgan fingerprint density at radius 2 is 2.08 bits per heavy atom. The first-order chi connectivity index (χ1) is 10.8. The normalized spacial score (nSPS) is 12.2. The molecule has 0 bridgehead atoms. The molecule has 0 fully saturated rings. The van der Waals surface area contributed by atoms with Gasteiger partial charge in [0.25, 0.3) is 0 Å². The summed E-state index contributed by atoms with van der Waals surface area (Å²) in [5, 5.41) is 22.4. The maximum Gasteiger partial charge on any atom is 1.00 e. The number of nitriles is 1. The largest absolute Gasteiger partial charge is 1.00 e. The van der Waals surface area contributed by atoms with Crippen LogP contribution in [0.15, 0.2) is 18.2 Å². The zero-order valence-electron chi connectivity index (χ0n) is 14.0. The summed E-state index contributed by atoms with van der Waals surface area (Å²) < 4.78 is 43.5. The number of ether oxygens (including phenoxy) is 1. The molecule has 0 aliphatic carbocycles. The van der Waals surface area contributed by atoms with Gasteiger partial charge in [0.05, 0.1) is 18.2 Å². The summed E-state index contributed by atoms with van der Waals surface area (Å²) in [6, 6.07) is 4.99. The molecule has 0 saturated heterocycles. The SMILES string of the molecule is CCN(CC#N)CC(O)COc1cc(C(F)(F)F)ccc1[N-]C.[K+]. The van der Waals surface area contributed by atoms with Crippen LogP contribution in [0.3, 0.4) is 0 Å². The predicted octanol–water partition coefficient (Wildman–Crippen LogP) is -0.0704. The minimum absolute atomic E-state index is 0. The van der Waals surface area contributed by atoms with E-state index in [2.05, 4.69) is 5.32 Å². The summed E-state index contributed by atoms with van der Waals surface area (Å²) in [5.74, 6) is -0.0373. The van der Waals surface area contributed by atoms with Gasteiger partial charge in [-0.3, -0.25) is 4.90 Å². The van der Waals surface area contributed by atoms with Gasteiger partial charge in [-0.25, -0.2) is 0 Å². The number of nitrogens with zero attached hydrogens (tertiary/aromatic N) is 3. The van der Waals surface area contributed by atoms with E-state index in [1.54, 1.807) is 4.90 Å². The van der Waals surface area contributed by atoms with Gasteiger partial charge < -0.3 is 15.2 Å². The van der Waals surface area contributed by atoms with E-state index in [9.17, 15) is 18.3 Å². The molecule has 1 aromatic rings. The van der Waals surface area contributed by atoms with Gasteiger partial charge in [0.2, 0.25) is 0 Å². The molecule has 1 atom stereocenters. The van der Waals surface area contributed by atoms with Crippen LogP contribution in [0.25, 0.3) is 5.32 Å². The van der Waals surface area contributed by atoms with Crippen molar-refractivity contribution in [2.45, 2.75) is 19.2 Å². The van der Waals surface area contributed by atoms with Crippen molar-refractivity contribution in [3.05, 3.63) is 29.1 Å². The van der Waals surface area contributed by atoms with E-state index in [1.807, 2.05) is 13.0 Å². The Balaban J connectivity index is 0.00000529. The summed E-state index contributed by atoms with van der Waals surface area (Å²) in [7, 11) is 1.44. The van der Waals surface area contributed by atoms with E-state index in [1.165, 1.54) is 13.1 Å². The molecular weight excluding hydrogens is 350 g/mol. The Hall–Kier alpha value is -0.344. The molecule has 0 spiro atoms. The molecule has 5 nitrogen and oxygen atoms in total. The summed E-state index contributed by atoms with van der Waals surface area (Å²) in [6.45, 7) is 2.58. The number of rotatable bonds is 8. The molecule has 1 N–H and O–H groups in total. The van der Waals surface area contributed by atoms with Crippen molar-refractivity contribution in [2.75, 3.05) is 33.3 Å². The zero-order valence-corrected chi connectivity index (χ0v) is 17.1. The smallest absolute Gasteiger partial charge is 0.684 e. The first-order valence-electron chi connectivity index (χ1n) is 7.03. The molecule has 0 saturated carbocycles. The number of hydrogen-bond acceptors (Lipinski definition) is 4. The van der Waals surface area contributed by atoms with Crippen LogP contribution < -0.4 is 56.1 Å². The average molecular weight is 369 g/mol. The summed E-state index contributed by atoms with van der Waals surface area (Å²) >= 11 is 0. The van der Waals surface area contributed by atoms with Gasteiger partial charge >= 0.3 is 57.6 Å². The Kier molecular flexibility index (Phi) is 11.1. The maximum absolute atomic E-state index is 12.7. The number of aliphatic hydroxyl groups excluding tert-OH is 1. The van der Waals surface area contributed by atoms with Crippen LogP contribution in [0.2, 0.25) is 0 Å². The van der Waals surface area contributed by atoms with Crippen molar-refractivity contribution < 1.29 is 74.4 Å². The van der Waals surface area contributed by atoms with Gasteiger partial charge in [0.15, 0.2) is 0 Å². The van der Waals surface area contributed by atoms with E-state index in [0.29, 0.717) is 6.54 Å². The van der Waals surface area contributed by atoms with E-state index in [0.717, 1.165) is 12.1 Å². The van der Waals surface area contributed by atoms with E-state index < -0.39 is 17.8 Å². The van der Waals surface area contributed by atoms with Crippen molar-refractivity contribution in [1.82, 2.24) is 4.90 Å². The third-order valence-electron chi connectivity index (χ3n) is 3.17. The number of halogens is 3. The molecular formula is C15H19F3KN3O2. The van der Waals surface area contributed by atoms with Crippen LogP contribution in [-0.4, -0.2) is 49.4 Å². The second-order valence-electron chi connectivity index (χ2n) is 4.85. The Labute approximate surface area is 182 Å². The zero-order chi connectivity index (χ0) is 17.5. The summed E-state index contributed by atoms with van der Waals surface area (Å²) in [5.41, 5.74) is -0.566. The summed E-state index contributed by atoms with van der Waals surface area (Å²) in [4.78, 5) is 1.70.